The highest BCUT2D eigenvalue weighted by molar-refractivity contribution is 7.99. The van der Waals surface area contributed by atoms with Gasteiger partial charge < -0.3 is 4.74 Å². The fourth-order valence-corrected chi connectivity index (χ4v) is 4.38. The molecule has 0 unspecified atom stereocenters. The standard InChI is InChI=1S/C18H18N4OS/c1-23-16-11-5-4-10-15(16)22-18(19-20-21-22)24-17-12-6-8-13-7-2-3-9-14(13)17/h2-5,7,9-11,17H,6,8,12H2,1H3/t17-/m0/s1. The van der Waals surface area contributed by atoms with Gasteiger partial charge in [0.05, 0.1) is 7.11 Å². The molecular weight excluding hydrogens is 320 g/mol. The molecular formula is C18H18N4OS. The van der Waals surface area contributed by atoms with Crippen molar-refractivity contribution in [2.75, 3.05) is 7.11 Å². The number of rotatable bonds is 4. The van der Waals surface area contributed by atoms with E-state index in [1.54, 1.807) is 23.6 Å². The van der Waals surface area contributed by atoms with Gasteiger partial charge in [-0.1, -0.05) is 48.2 Å². The van der Waals surface area contributed by atoms with Gasteiger partial charge in [-0.2, -0.15) is 4.68 Å². The van der Waals surface area contributed by atoms with Gasteiger partial charge in [-0.15, -0.1) is 5.10 Å². The Balaban J connectivity index is 1.67. The molecule has 1 aliphatic carbocycles. The summed E-state index contributed by atoms with van der Waals surface area (Å²) in [6.45, 7) is 0. The fourth-order valence-electron chi connectivity index (χ4n) is 3.17. The Bertz CT molecular complexity index is 848. The largest absolute Gasteiger partial charge is 0.494 e. The van der Waals surface area contributed by atoms with Gasteiger partial charge in [0.1, 0.15) is 11.4 Å². The molecule has 24 heavy (non-hydrogen) atoms. The first-order valence-electron chi connectivity index (χ1n) is 8.03. The van der Waals surface area contributed by atoms with Crippen molar-refractivity contribution in [2.24, 2.45) is 0 Å². The third-order valence-corrected chi connectivity index (χ3v) is 5.56. The van der Waals surface area contributed by atoms with Crippen molar-refractivity contribution in [3.63, 3.8) is 0 Å². The molecule has 0 saturated carbocycles. The summed E-state index contributed by atoms with van der Waals surface area (Å²) in [7, 11) is 1.66. The topological polar surface area (TPSA) is 52.8 Å². The van der Waals surface area contributed by atoms with E-state index < -0.39 is 0 Å². The quantitative estimate of drug-likeness (QED) is 0.723. The van der Waals surface area contributed by atoms with Crippen molar-refractivity contribution in [1.29, 1.82) is 0 Å². The highest BCUT2D eigenvalue weighted by Gasteiger charge is 2.24. The lowest BCUT2D eigenvalue weighted by Gasteiger charge is -2.24. The number of methoxy groups -OCH3 is 1. The lowest BCUT2D eigenvalue weighted by molar-refractivity contribution is 0.410. The van der Waals surface area contributed by atoms with E-state index in [1.807, 2.05) is 24.3 Å². The van der Waals surface area contributed by atoms with Crippen LogP contribution in [0.1, 0.15) is 29.2 Å². The van der Waals surface area contributed by atoms with Gasteiger partial charge in [0, 0.05) is 5.25 Å². The van der Waals surface area contributed by atoms with Crippen molar-refractivity contribution < 1.29 is 4.74 Å². The summed E-state index contributed by atoms with van der Waals surface area (Å²) in [5.41, 5.74) is 3.71. The Kier molecular flexibility index (Phi) is 4.21. The van der Waals surface area contributed by atoms with Crippen LogP contribution in [0, 0.1) is 0 Å². The van der Waals surface area contributed by atoms with Crippen LogP contribution >= 0.6 is 11.8 Å². The third-order valence-electron chi connectivity index (χ3n) is 4.32. The van der Waals surface area contributed by atoms with E-state index in [9.17, 15) is 0 Å². The first-order valence-corrected chi connectivity index (χ1v) is 8.91. The molecule has 6 heteroatoms. The Labute approximate surface area is 145 Å². The summed E-state index contributed by atoms with van der Waals surface area (Å²) < 4.78 is 7.21. The van der Waals surface area contributed by atoms with Gasteiger partial charge in [0.2, 0.25) is 5.16 Å². The number of ether oxygens (including phenoxy) is 1. The second kappa shape index (κ2) is 6.65. The number of hydrogen-bond donors (Lipinski definition) is 0. The molecule has 0 aliphatic heterocycles. The highest BCUT2D eigenvalue weighted by atomic mass is 32.2. The Hall–Kier alpha value is -2.34. The summed E-state index contributed by atoms with van der Waals surface area (Å²) in [6, 6.07) is 16.5. The molecule has 3 aromatic rings. The number of nitrogens with zero attached hydrogens (tertiary/aromatic N) is 4. The molecule has 4 rings (SSSR count). The SMILES string of the molecule is COc1ccccc1-n1nnnc1S[C@H]1CCCc2ccccc21. The molecule has 1 heterocycles. The van der Waals surface area contributed by atoms with Crippen molar-refractivity contribution in [2.45, 2.75) is 29.7 Å². The molecule has 0 N–H and O–H groups in total. The second-order valence-corrected chi connectivity index (χ2v) is 6.91. The lowest BCUT2D eigenvalue weighted by atomic mass is 9.91. The highest BCUT2D eigenvalue weighted by Crippen LogP contribution is 2.43. The fraction of sp³-hybridized carbons (Fsp3) is 0.278. The number of para-hydroxylation sites is 2. The minimum atomic E-state index is 0.384. The molecule has 1 aliphatic rings. The van der Waals surface area contributed by atoms with Gasteiger partial charge in [-0.05, 0) is 52.9 Å². The van der Waals surface area contributed by atoms with Crippen LogP contribution in [0.5, 0.6) is 5.75 Å². The van der Waals surface area contributed by atoms with Crippen LogP contribution in [0.25, 0.3) is 5.69 Å². The maximum atomic E-state index is 5.44. The number of aryl methyl sites for hydroxylation is 1. The van der Waals surface area contributed by atoms with Gasteiger partial charge in [-0.3, -0.25) is 0 Å². The summed E-state index contributed by atoms with van der Waals surface area (Å²) in [6.07, 6.45) is 3.50. The Morgan fingerprint density at radius 3 is 2.88 bits per heavy atom. The van der Waals surface area contributed by atoms with Crippen LogP contribution in [0.3, 0.4) is 0 Å². The number of aromatic nitrogens is 4. The number of tetrazole rings is 1. The van der Waals surface area contributed by atoms with Gasteiger partial charge in [-0.25, -0.2) is 0 Å². The smallest absolute Gasteiger partial charge is 0.214 e. The second-order valence-electron chi connectivity index (χ2n) is 5.74. The molecule has 0 radical (unpaired) electrons. The van der Waals surface area contributed by atoms with Crippen LogP contribution in [-0.2, 0) is 6.42 Å². The molecule has 5 nitrogen and oxygen atoms in total. The van der Waals surface area contributed by atoms with Crippen molar-refractivity contribution in [3.8, 4) is 11.4 Å². The number of hydrogen-bond acceptors (Lipinski definition) is 5. The Morgan fingerprint density at radius 2 is 1.96 bits per heavy atom. The summed E-state index contributed by atoms with van der Waals surface area (Å²) in [4.78, 5) is 0. The average molecular weight is 338 g/mol. The van der Waals surface area contributed by atoms with Crippen LogP contribution in [0.15, 0.2) is 53.7 Å². The van der Waals surface area contributed by atoms with Crippen molar-refractivity contribution in [3.05, 3.63) is 59.7 Å². The molecule has 1 atom stereocenters. The van der Waals surface area contributed by atoms with Crippen LogP contribution in [0.2, 0.25) is 0 Å². The predicted molar refractivity (Wildman–Crippen MR) is 93.7 cm³/mol. The zero-order valence-electron chi connectivity index (χ0n) is 13.4. The maximum Gasteiger partial charge on any atom is 0.214 e. The summed E-state index contributed by atoms with van der Waals surface area (Å²) in [5, 5.41) is 13.5. The molecule has 1 aromatic heterocycles. The van der Waals surface area contributed by atoms with E-state index in [1.165, 1.54) is 17.5 Å². The summed E-state index contributed by atoms with van der Waals surface area (Å²) in [5.74, 6) is 0.760. The van der Waals surface area contributed by atoms with E-state index in [2.05, 4.69) is 39.8 Å². The monoisotopic (exact) mass is 338 g/mol. The van der Waals surface area contributed by atoms with E-state index >= 15 is 0 Å². The number of thioether (sulfide) groups is 1. The number of fused-ring (bicyclic) bond motifs is 1. The molecule has 122 valence electrons. The zero-order chi connectivity index (χ0) is 16.4. The van der Waals surface area contributed by atoms with Gasteiger partial charge in [0.25, 0.3) is 0 Å². The van der Waals surface area contributed by atoms with E-state index in [4.69, 9.17) is 4.74 Å². The van der Waals surface area contributed by atoms with Crippen LogP contribution in [0.4, 0.5) is 0 Å². The van der Waals surface area contributed by atoms with E-state index in [-0.39, 0.29) is 0 Å². The average Bonchev–Trinajstić information content (AvgIpc) is 3.10. The normalized spacial score (nSPS) is 16.6. The molecule has 0 amide bonds. The molecule has 0 fully saturated rings. The van der Waals surface area contributed by atoms with Crippen LogP contribution < -0.4 is 4.74 Å². The van der Waals surface area contributed by atoms with Gasteiger partial charge in [0.15, 0.2) is 0 Å². The molecule has 2 aromatic carbocycles. The molecule has 0 spiro atoms. The van der Waals surface area contributed by atoms with E-state index in [0.717, 1.165) is 29.4 Å². The minimum absolute atomic E-state index is 0.384. The van der Waals surface area contributed by atoms with Crippen LogP contribution in [-0.4, -0.2) is 27.3 Å². The zero-order valence-corrected chi connectivity index (χ0v) is 14.2. The van der Waals surface area contributed by atoms with Crippen molar-refractivity contribution in [1.82, 2.24) is 20.2 Å². The predicted octanol–water partition coefficient (Wildman–Crippen LogP) is 3.84. The molecule has 0 saturated heterocycles. The first-order chi connectivity index (χ1) is 11.9. The third kappa shape index (κ3) is 2.78. The Morgan fingerprint density at radius 1 is 1.12 bits per heavy atom. The minimum Gasteiger partial charge on any atom is -0.494 e. The summed E-state index contributed by atoms with van der Waals surface area (Å²) >= 11 is 1.73. The lowest BCUT2D eigenvalue weighted by Crippen LogP contribution is -2.08. The van der Waals surface area contributed by atoms with E-state index in [0.29, 0.717) is 5.25 Å². The first kappa shape index (κ1) is 15.2. The maximum absolute atomic E-state index is 5.44. The van der Waals surface area contributed by atoms with Crippen molar-refractivity contribution >= 4 is 11.8 Å². The van der Waals surface area contributed by atoms with Gasteiger partial charge >= 0.3 is 0 Å². The number of benzene rings is 2. The molecule has 0 bridgehead atoms.